The third-order valence-electron chi connectivity index (χ3n) is 4.41. The van der Waals surface area contributed by atoms with Crippen LogP contribution < -0.4 is 11.1 Å². The molecule has 1 fully saturated rings. The fourth-order valence-electron chi connectivity index (χ4n) is 3.12. The van der Waals surface area contributed by atoms with Gasteiger partial charge >= 0.3 is 0 Å². The standard InChI is InChI=1S/C15H17N8O4P/c16-13-12-14(20-6-19-13)23(11-2-8(24)9(27-11)4-28-26)15(22-12)21-10(25)1-7-3-17-5-18-7/h3,5-6,8-9,11,24H,1-2,4H2,(H,17,18)(H2,16,19,20)(H,21,22,25). The average molecular weight is 404 g/mol. The Balaban J connectivity index is 1.68. The number of ether oxygens (including phenoxy) is 1. The maximum absolute atomic E-state index is 12.4. The van der Waals surface area contributed by atoms with Crippen LogP contribution in [0.3, 0.4) is 0 Å². The van der Waals surface area contributed by atoms with Crippen LogP contribution in [0.1, 0.15) is 18.3 Å². The van der Waals surface area contributed by atoms with Crippen molar-refractivity contribution in [3.8, 4) is 0 Å². The number of carbonyl (C=O) groups excluding carboxylic acids is 1. The molecular formula is C15H17N8O4P. The molecule has 3 aromatic heterocycles. The minimum atomic E-state index is -0.809. The zero-order chi connectivity index (χ0) is 19.7. The summed E-state index contributed by atoms with van der Waals surface area (Å²) in [6, 6.07) is 0. The van der Waals surface area contributed by atoms with Crippen LogP contribution >= 0.6 is 8.46 Å². The van der Waals surface area contributed by atoms with E-state index in [0.29, 0.717) is 16.9 Å². The second-order valence-electron chi connectivity index (χ2n) is 6.28. The van der Waals surface area contributed by atoms with E-state index in [1.165, 1.54) is 12.7 Å². The van der Waals surface area contributed by atoms with Crippen LogP contribution in [0.5, 0.6) is 0 Å². The van der Waals surface area contributed by atoms with E-state index in [1.54, 1.807) is 10.8 Å². The van der Waals surface area contributed by atoms with Gasteiger partial charge in [0.25, 0.3) is 0 Å². The summed E-state index contributed by atoms with van der Waals surface area (Å²) < 4.78 is 18.3. The van der Waals surface area contributed by atoms with Crippen molar-refractivity contribution < 1.29 is 19.2 Å². The van der Waals surface area contributed by atoms with Gasteiger partial charge in [-0.3, -0.25) is 19.2 Å². The molecule has 12 nitrogen and oxygen atoms in total. The lowest BCUT2D eigenvalue weighted by Gasteiger charge is -2.16. The Morgan fingerprint density at radius 3 is 3.11 bits per heavy atom. The van der Waals surface area contributed by atoms with Gasteiger partial charge in [-0.05, 0) is 0 Å². The van der Waals surface area contributed by atoms with E-state index in [9.17, 15) is 14.5 Å². The van der Waals surface area contributed by atoms with E-state index in [4.69, 9.17) is 10.5 Å². The maximum atomic E-state index is 12.4. The molecular weight excluding hydrogens is 387 g/mol. The fraction of sp³-hybridized carbons (Fsp3) is 0.400. The molecule has 0 aliphatic carbocycles. The monoisotopic (exact) mass is 404 g/mol. The largest absolute Gasteiger partial charge is 0.390 e. The summed E-state index contributed by atoms with van der Waals surface area (Å²) in [5.41, 5.74) is 7.21. The quantitative estimate of drug-likeness (QED) is 0.420. The molecule has 3 unspecified atom stereocenters. The van der Waals surface area contributed by atoms with Gasteiger partial charge in [0.1, 0.15) is 12.6 Å². The van der Waals surface area contributed by atoms with Crippen LogP contribution in [0.25, 0.3) is 11.2 Å². The van der Waals surface area contributed by atoms with Crippen molar-refractivity contribution in [1.29, 1.82) is 0 Å². The first-order chi connectivity index (χ1) is 13.6. The number of hydrogen-bond acceptors (Lipinski definition) is 9. The van der Waals surface area contributed by atoms with E-state index < -0.39 is 18.4 Å². The molecule has 1 saturated heterocycles. The highest BCUT2D eigenvalue weighted by Crippen LogP contribution is 2.35. The van der Waals surface area contributed by atoms with Crippen LogP contribution in [0.15, 0.2) is 18.9 Å². The van der Waals surface area contributed by atoms with Gasteiger partial charge in [0, 0.05) is 18.3 Å². The third-order valence-corrected chi connectivity index (χ3v) is 4.92. The summed E-state index contributed by atoms with van der Waals surface area (Å²) in [4.78, 5) is 31.6. The molecule has 5 N–H and O–H groups in total. The van der Waals surface area contributed by atoms with Crippen LogP contribution in [-0.2, 0) is 20.5 Å². The number of nitrogens with one attached hydrogen (secondary N) is 2. The molecule has 4 rings (SSSR count). The molecule has 1 aliphatic rings. The summed E-state index contributed by atoms with van der Waals surface area (Å²) in [6.45, 7) is 0. The van der Waals surface area contributed by atoms with Crippen LogP contribution in [-0.4, -0.2) is 58.9 Å². The van der Waals surface area contributed by atoms with Gasteiger partial charge in [0.05, 0.1) is 31.1 Å². The SMILES string of the molecule is Nc1ncnc2c1nc(NC(=O)Cc1cnc[nH]1)n2C1CC(O)C(CP=O)O1. The molecule has 0 saturated carbocycles. The minimum Gasteiger partial charge on any atom is -0.390 e. The van der Waals surface area contributed by atoms with Crippen molar-refractivity contribution >= 4 is 37.3 Å². The summed E-state index contributed by atoms with van der Waals surface area (Å²) in [7, 11) is -0.126. The zero-order valence-electron chi connectivity index (χ0n) is 14.5. The number of aromatic amines is 1. The van der Waals surface area contributed by atoms with E-state index in [2.05, 4.69) is 30.2 Å². The first kappa shape index (κ1) is 18.4. The predicted molar refractivity (Wildman–Crippen MR) is 97.7 cm³/mol. The van der Waals surface area contributed by atoms with Crippen LogP contribution in [0.2, 0.25) is 0 Å². The molecule has 146 valence electrons. The van der Waals surface area contributed by atoms with Crippen molar-refractivity contribution in [2.45, 2.75) is 31.3 Å². The first-order valence-electron chi connectivity index (χ1n) is 8.45. The van der Waals surface area contributed by atoms with Gasteiger partial charge in [-0.25, -0.2) is 19.9 Å². The number of hydrogen-bond donors (Lipinski definition) is 4. The molecule has 0 radical (unpaired) electrons. The van der Waals surface area contributed by atoms with Gasteiger partial charge < -0.3 is 20.6 Å². The van der Waals surface area contributed by atoms with Gasteiger partial charge in [-0.15, -0.1) is 0 Å². The molecule has 4 heterocycles. The van der Waals surface area contributed by atoms with E-state index in [1.807, 2.05) is 0 Å². The number of nitrogens with zero attached hydrogens (tertiary/aromatic N) is 5. The molecule has 0 aromatic carbocycles. The highest BCUT2D eigenvalue weighted by atomic mass is 31.1. The van der Waals surface area contributed by atoms with Crippen molar-refractivity contribution in [1.82, 2.24) is 29.5 Å². The van der Waals surface area contributed by atoms with Gasteiger partial charge in [0.2, 0.25) is 11.9 Å². The fourth-order valence-corrected chi connectivity index (χ4v) is 3.60. The topological polar surface area (TPSA) is 174 Å². The zero-order valence-corrected chi connectivity index (χ0v) is 15.4. The van der Waals surface area contributed by atoms with Gasteiger partial charge in [-0.2, -0.15) is 0 Å². The Kier molecular flexibility index (Phi) is 4.99. The lowest BCUT2D eigenvalue weighted by Crippen LogP contribution is -2.22. The van der Waals surface area contributed by atoms with Gasteiger partial charge in [0.15, 0.2) is 25.4 Å². The number of rotatable bonds is 6. The number of nitrogens with two attached hydrogens (primary N) is 1. The van der Waals surface area contributed by atoms with Gasteiger partial charge in [-0.1, -0.05) is 0 Å². The molecule has 28 heavy (non-hydrogen) atoms. The molecule has 0 bridgehead atoms. The number of imidazole rings is 2. The first-order valence-corrected chi connectivity index (χ1v) is 9.44. The van der Waals surface area contributed by atoms with E-state index in [0.717, 1.165) is 0 Å². The highest BCUT2D eigenvalue weighted by molar-refractivity contribution is 7.23. The lowest BCUT2D eigenvalue weighted by molar-refractivity contribution is -0.115. The summed E-state index contributed by atoms with van der Waals surface area (Å²) in [6.07, 6.45) is 2.69. The Bertz CT molecular complexity index is 1010. The lowest BCUT2D eigenvalue weighted by atomic mass is 10.2. The number of fused-ring (bicyclic) bond motifs is 1. The summed E-state index contributed by atoms with van der Waals surface area (Å²) in [5, 5.41) is 12.9. The number of aromatic nitrogens is 6. The predicted octanol–water partition coefficient (Wildman–Crippen LogP) is 0.253. The maximum Gasteiger partial charge on any atom is 0.232 e. The Morgan fingerprint density at radius 2 is 2.36 bits per heavy atom. The highest BCUT2D eigenvalue weighted by Gasteiger charge is 2.37. The number of anilines is 2. The van der Waals surface area contributed by atoms with Crippen molar-refractivity contribution in [2.24, 2.45) is 0 Å². The van der Waals surface area contributed by atoms with Crippen molar-refractivity contribution in [2.75, 3.05) is 17.2 Å². The average Bonchev–Trinajstić information content (AvgIpc) is 3.36. The van der Waals surface area contributed by atoms with Crippen molar-refractivity contribution in [3.63, 3.8) is 0 Å². The van der Waals surface area contributed by atoms with E-state index >= 15 is 0 Å². The molecule has 1 amide bonds. The van der Waals surface area contributed by atoms with E-state index in [-0.39, 0.29) is 45.1 Å². The Labute approximate surface area is 159 Å². The van der Waals surface area contributed by atoms with Crippen molar-refractivity contribution in [3.05, 3.63) is 24.5 Å². The second kappa shape index (κ2) is 7.58. The van der Waals surface area contributed by atoms with Crippen LogP contribution in [0, 0.1) is 0 Å². The molecule has 3 atom stereocenters. The molecule has 3 aromatic rings. The Morgan fingerprint density at radius 1 is 1.50 bits per heavy atom. The number of carbonyl (C=O) groups is 1. The normalized spacial score (nSPS) is 22.1. The summed E-state index contributed by atoms with van der Waals surface area (Å²) in [5.74, 6) is -0.00858. The smallest absolute Gasteiger partial charge is 0.232 e. The molecule has 0 spiro atoms. The third kappa shape index (κ3) is 3.44. The summed E-state index contributed by atoms with van der Waals surface area (Å²) >= 11 is 0. The van der Waals surface area contributed by atoms with Crippen LogP contribution in [0.4, 0.5) is 11.8 Å². The molecule has 1 aliphatic heterocycles. The minimum absolute atomic E-state index is 0.0657. The number of amides is 1. The molecule has 13 heteroatoms. The number of aliphatic hydroxyl groups excluding tert-OH is 1. The number of nitrogen functional groups attached to an aromatic ring is 1. The number of aliphatic hydroxyl groups is 1. The Hall–Kier alpha value is -2.95. The second-order valence-corrected chi connectivity index (χ2v) is 6.91. The number of H-pyrrole nitrogens is 1.